The van der Waals surface area contributed by atoms with Gasteiger partial charge in [-0.1, -0.05) is 24.3 Å². The van der Waals surface area contributed by atoms with Crippen LogP contribution in [-0.4, -0.2) is 59.3 Å². The second-order valence-corrected chi connectivity index (χ2v) is 7.83. The molecular weight excluding hydrogens is 368 g/mol. The third-order valence-corrected chi connectivity index (χ3v) is 5.70. The second kappa shape index (κ2) is 10.8. The van der Waals surface area contributed by atoms with Crippen LogP contribution in [-0.2, 0) is 22.6 Å². The lowest BCUT2D eigenvalue weighted by atomic mass is 9.99. The number of nitrogens with one attached hydrogen (secondary N) is 2. The molecule has 0 unspecified atom stereocenters. The molecule has 6 nitrogen and oxygen atoms in total. The fourth-order valence-corrected chi connectivity index (χ4v) is 3.86. The predicted molar refractivity (Wildman–Crippen MR) is 110 cm³/mol. The SMILES string of the molecule is CC(=O)NCSC[C@H](NC[C@@H](N)CS)C(=O)N1CCc2ccccc2C1. The molecular formula is C18H28N4O2S2. The largest absolute Gasteiger partial charge is 0.347 e. The van der Waals surface area contributed by atoms with Crippen LogP contribution in [0.2, 0.25) is 0 Å². The van der Waals surface area contributed by atoms with Gasteiger partial charge in [0.05, 0.1) is 11.9 Å². The van der Waals surface area contributed by atoms with Crippen LogP contribution >= 0.6 is 24.4 Å². The lowest BCUT2D eigenvalue weighted by Gasteiger charge is -2.32. The number of hydrogen-bond acceptors (Lipinski definition) is 6. The van der Waals surface area contributed by atoms with Crippen molar-refractivity contribution in [2.24, 2.45) is 5.73 Å². The summed E-state index contributed by atoms with van der Waals surface area (Å²) in [6.45, 7) is 3.38. The molecule has 2 amide bonds. The van der Waals surface area contributed by atoms with Gasteiger partial charge in [-0.2, -0.15) is 12.6 Å². The number of benzene rings is 1. The van der Waals surface area contributed by atoms with E-state index in [0.717, 1.165) is 13.0 Å². The van der Waals surface area contributed by atoms with Gasteiger partial charge in [-0.25, -0.2) is 0 Å². The van der Waals surface area contributed by atoms with Crippen molar-refractivity contribution in [2.75, 3.05) is 30.5 Å². The van der Waals surface area contributed by atoms with Crippen LogP contribution < -0.4 is 16.4 Å². The lowest BCUT2D eigenvalue weighted by molar-refractivity contribution is -0.133. The second-order valence-electron chi connectivity index (χ2n) is 6.43. The number of carbonyl (C=O) groups is 2. The van der Waals surface area contributed by atoms with Crippen LogP contribution in [0.3, 0.4) is 0 Å². The Kier molecular flexibility index (Phi) is 8.77. The summed E-state index contributed by atoms with van der Waals surface area (Å²) < 4.78 is 0. The minimum atomic E-state index is -0.329. The molecule has 26 heavy (non-hydrogen) atoms. The number of nitrogens with two attached hydrogens (primary N) is 1. The Balaban J connectivity index is 1.96. The van der Waals surface area contributed by atoms with E-state index in [1.165, 1.54) is 29.8 Å². The van der Waals surface area contributed by atoms with Gasteiger partial charge in [-0.05, 0) is 17.5 Å². The fourth-order valence-electron chi connectivity index (χ4n) is 2.81. The first-order valence-corrected chi connectivity index (χ1v) is 10.6. The first-order valence-electron chi connectivity index (χ1n) is 8.78. The average Bonchev–Trinajstić information content (AvgIpc) is 2.66. The maximum absolute atomic E-state index is 13.0. The molecule has 8 heteroatoms. The molecule has 0 aromatic heterocycles. The zero-order chi connectivity index (χ0) is 18.9. The Morgan fingerprint density at radius 1 is 1.35 bits per heavy atom. The third kappa shape index (κ3) is 6.50. The van der Waals surface area contributed by atoms with E-state index in [0.29, 0.717) is 30.5 Å². The molecule has 2 atom stereocenters. The molecule has 4 N–H and O–H groups in total. The van der Waals surface area contributed by atoms with Crippen LogP contribution in [0.25, 0.3) is 0 Å². The van der Waals surface area contributed by atoms with Gasteiger partial charge in [0.1, 0.15) is 0 Å². The molecule has 0 bridgehead atoms. The minimum absolute atomic E-state index is 0.0712. The minimum Gasteiger partial charge on any atom is -0.347 e. The molecule has 0 spiro atoms. The van der Waals surface area contributed by atoms with Crippen molar-refractivity contribution < 1.29 is 9.59 Å². The Morgan fingerprint density at radius 3 is 2.77 bits per heavy atom. The normalized spacial score (nSPS) is 15.9. The van der Waals surface area contributed by atoms with Crippen LogP contribution in [0.5, 0.6) is 0 Å². The van der Waals surface area contributed by atoms with Gasteiger partial charge >= 0.3 is 0 Å². The van der Waals surface area contributed by atoms with Crippen LogP contribution in [0.4, 0.5) is 0 Å². The fraction of sp³-hybridized carbons (Fsp3) is 0.556. The van der Waals surface area contributed by atoms with Gasteiger partial charge in [0.2, 0.25) is 11.8 Å². The van der Waals surface area contributed by atoms with E-state index >= 15 is 0 Å². The number of rotatable bonds is 9. The Labute approximate surface area is 165 Å². The van der Waals surface area contributed by atoms with E-state index in [1.807, 2.05) is 17.0 Å². The smallest absolute Gasteiger partial charge is 0.240 e. The maximum atomic E-state index is 13.0. The van der Waals surface area contributed by atoms with Crippen molar-refractivity contribution in [3.8, 4) is 0 Å². The summed E-state index contributed by atoms with van der Waals surface area (Å²) in [4.78, 5) is 25.9. The molecule has 0 radical (unpaired) electrons. The number of thiol groups is 1. The van der Waals surface area contributed by atoms with Crippen molar-refractivity contribution in [3.63, 3.8) is 0 Å². The summed E-state index contributed by atoms with van der Waals surface area (Å²) in [5.41, 5.74) is 8.46. The number of hydrogen-bond donors (Lipinski definition) is 4. The molecule has 0 saturated heterocycles. The van der Waals surface area contributed by atoms with Crippen molar-refractivity contribution >= 4 is 36.2 Å². The zero-order valence-corrected chi connectivity index (χ0v) is 16.8. The van der Waals surface area contributed by atoms with Gasteiger partial charge in [-0.15, -0.1) is 11.8 Å². The quantitative estimate of drug-likeness (QED) is 0.279. The lowest BCUT2D eigenvalue weighted by Crippen LogP contribution is -2.52. The highest BCUT2D eigenvalue weighted by Gasteiger charge is 2.27. The van der Waals surface area contributed by atoms with Gasteiger partial charge in [0.25, 0.3) is 0 Å². The third-order valence-electron chi connectivity index (χ3n) is 4.31. The number of fused-ring (bicyclic) bond motifs is 1. The van der Waals surface area contributed by atoms with Crippen molar-refractivity contribution in [1.82, 2.24) is 15.5 Å². The summed E-state index contributed by atoms with van der Waals surface area (Å²) in [5.74, 6) is 1.64. The standard InChI is InChI=1S/C18H28N4O2S2/c1-13(23)21-12-26-11-17(20-8-16(19)10-25)18(24)22-7-6-14-4-2-3-5-15(14)9-22/h2-5,16-17,20,25H,6-12,19H2,1H3,(H,21,23)/t16-,17+/m1/s1. The molecule has 1 aromatic carbocycles. The maximum Gasteiger partial charge on any atom is 0.240 e. The number of thioether (sulfide) groups is 1. The van der Waals surface area contributed by atoms with E-state index in [9.17, 15) is 9.59 Å². The number of nitrogens with zero attached hydrogens (tertiary/aromatic N) is 1. The highest BCUT2D eigenvalue weighted by atomic mass is 32.2. The van der Waals surface area contributed by atoms with Crippen molar-refractivity contribution in [2.45, 2.75) is 32.0 Å². The highest BCUT2D eigenvalue weighted by molar-refractivity contribution is 7.99. The van der Waals surface area contributed by atoms with Gasteiger partial charge in [0, 0.05) is 44.1 Å². The zero-order valence-electron chi connectivity index (χ0n) is 15.1. The van der Waals surface area contributed by atoms with Crippen molar-refractivity contribution in [1.29, 1.82) is 0 Å². The molecule has 0 saturated carbocycles. The van der Waals surface area contributed by atoms with E-state index < -0.39 is 0 Å². The molecule has 1 aliphatic heterocycles. The van der Waals surface area contributed by atoms with Gasteiger partial charge in [0.15, 0.2) is 0 Å². The Bertz CT molecular complexity index is 615. The molecule has 1 aromatic rings. The molecule has 1 aliphatic rings. The van der Waals surface area contributed by atoms with Crippen LogP contribution in [0.1, 0.15) is 18.1 Å². The topological polar surface area (TPSA) is 87.5 Å². The van der Waals surface area contributed by atoms with Gasteiger partial charge in [-0.3, -0.25) is 9.59 Å². The number of carbonyl (C=O) groups excluding carboxylic acids is 2. The van der Waals surface area contributed by atoms with E-state index in [-0.39, 0.29) is 23.9 Å². The Hall–Kier alpha value is -1.22. The van der Waals surface area contributed by atoms with Crippen LogP contribution in [0.15, 0.2) is 24.3 Å². The summed E-state index contributed by atoms with van der Waals surface area (Å²) in [6, 6.07) is 7.83. The van der Waals surface area contributed by atoms with E-state index in [1.54, 1.807) is 0 Å². The van der Waals surface area contributed by atoms with E-state index in [2.05, 4.69) is 35.4 Å². The Morgan fingerprint density at radius 2 is 2.08 bits per heavy atom. The first-order chi connectivity index (χ1) is 12.5. The van der Waals surface area contributed by atoms with Crippen molar-refractivity contribution in [3.05, 3.63) is 35.4 Å². The monoisotopic (exact) mass is 396 g/mol. The number of amides is 2. The highest BCUT2D eigenvalue weighted by Crippen LogP contribution is 2.19. The molecule has 1 heterocycles. The summed E-state index contributed by atoms with van der Waals surface area (Å²) >= 11 is 5.72. The predicted octanol–water partition coefficient (Wildman–Crippen LogP) is 0.613. The summed E-state index contributed by atoms with van der Waals surface area (Å²) in [7, 11) is 0. The van der Waals surface area contributed by atoms with Gasteiger partial charge < -0.3 is 21.3 Å². The summed E-state index contributed by atoms with van der Waals surface area (Å²) in [5, 5.41) is 6.02. The molecule has 0 fully saturated rings. The molecule has 0 aliphatic carbocycles. The first kappa shape index (κ1) is 21.1. The molecule has 144 valence electrons. The molecule has 2 rings (SSSR count). The van der Waals surface area contributed by atoms with E-state index in [4.69, 9.17) is 5.73 Å². The average molecular weight is 397 g/mol. The summed E-state index contributed by atoms with van der Waals surface area (Å²) in [6.07, 6.45) is 0.879. The van der Waals surface area contributed by atoms with Crippen LogP contribution in [0, 0.1) is 0 Å².